The summed E-state index contributed by atoms with van der Waals surface area (Å²) in [5, 5.41) is 11.2. The van der Waals surface area contributed by atoms with E-state index < -0.39 is 44.4 Å². The quantitative estimate of drug-likeness (QED) is 0.378. The molecular formula is C21H26N2O8S. The minimum atomic E-state index is -4.47. The van der Waals surface area contributed by atoms with E-state index in [1.54, 1.807) is 13.8 Å². The zero-order chi connectivity index (χ0) is 23.1. The van der Waals surface area contributed by atoms with E-state index >= 15 is 0 Å². The van der Waals surface area contributed by atoms with Gasteiger partial charge in [0.05, 0.1) is 9.82 Å². The number of nitro benzene ring substituents is 1. The second-order valence-corrected chi connectivity index (χ2v) is 11.4. The molecule has 1 saturated carbocycles. The molecular weight excluding hydrogens is 440 g/mol. The van der Waals surface area contributed by atoms with Crippen molar-refractivity contribution in [3.8, 4) is 0 Å². The Labute approximate surface area is 185 Å². The van der Waals surface area contributed by atoms with Gasteiger partial charge in [-0.1, -0.05) is 19.9 Å². The number of nitro groups is 1. The van der Waals surface area contributed by atoms with Gasteiger partial charge in [0.1, 0.15) is 0 Å². The van der Waals surface area contributed by atoms with Crippen LogP contribution in [0.5, 0.6) is 0 Å². The number of nitrogens with zero attached hydrogens (tertiary/aromatic N) is 2. The van der Waals surface area contributed by atoms with Crippen LogP contribution in [-0.2, 0) is 29.3 Å². The molecule has 1 spiro atoms. The van der Waals surface area contributed by atoms with Crippen molar-refractivity contribution in [3.05, 3.63) is 34.4 Å². The van der Waals surface area contributed by atoms with Gasteiger partial charge in [0.15, 0.2) is 11.8 Å². The summed E-state index contributed by atoms with van der Waals surface area (Å²) in [6, 6.07) is 4.71. The fraction of sp³-hybridized carbons (Fsp3) is 0.667. The smallest absolute Gasteiger partial charge is 0.270 e. The standard InChI is InChI=1S/C21H26N2O8S/c1-12-7-8-17-13(2)18(24)22(32(27,28)15-6-4-5-14(11-15)23(25)26)19-21(17)16(12)9-10-20(3,29-19)30-31-21/h4-6,11-13,16-17,19H,7-10H2,1-3H3/t12-,13-,16+,17+,19-,20+,21-/m1/s1. The Morgan fingerprint density at radius 1 is 1.16 bits per heavy atom. The van der Waals surface area contributed by atoms with E-state index in [1.807, 2.05) is 0 Å². The molecule has 0 unspecified atom stereocenters. The van der Waals surface area contributed by atoms with E-state index in [0.717, 1.165) is 23.2 Å². The maximum Gasteiger partial charge on any atom is 0.270 e. The van der Waals surface area contributed by atoms with Gasteiger partial charge in [-0.25, -0.2) is 22.5 Å². The van der Waals surface area contributed by atoms with Gasteiger partial charge in [-0.15, -0.1) is 0 Å². The molecule has 0 aromatic heterocycles. The number of fused-ring (bicyclic) bond motifs is 2. The fourth-order valence-electron chi connectivity index (χ4n) is 6.13. The number of piperidine rings is 1. The normalized spacial score (nSPS) is 41.2. The fourth-order valence-corrected chi connectivity index (χ4v) is 7.74. The first-order valence-electron chi connectivity index (χ1n) is 10.9. The largest absolute Gasteiger partial charge is 0.320 e. The van der Waals surface area contributed by atoms with Gasteiger partial charge < -0.3 is 4.74 Å². The van der Waals surface area contributed by atoms with Gasteiger partial charge in [0.25, 0.3) is 15.7 Å². The molecule has 1 aliphatic carbocycles. The number of sulfonamides is 1. The minimum absolute atomic E-state index is 0.0612. The maximum atomic E-state index is 13.8. The molecule has 10 nitrogen and oxygen atoms in total. The monoisotopic (exact) mass is 466 g/mol. The average Bonchev–Trinajstić information content (AvgIpc) is 2.98. The van der Waals surface area contributed by atoms with Gasteiger partial charge in [-0.2, -0.15) is 0 Å². The highest BCUT2D eigenvalue weighted by Gasteiger charge is 2.72. The van der Waals surface area contributed by atoms with Crippen molar-refractivity contribution >= 4 is 21.6 Å². The van der Waals surface area contributed by atoms with Crippen molar-refractivity contribution in [2.45, 2.75) is 69.0 Å². The molecule has 2 bridgehead atoms. The molecule has 4 saturated heterocycles. The molecule has 11 heteroatoms. The maximum absolute atomic E-state index is 13.8. The van der Waals surface area contributed by atoms with Crippen LogP contribution in [-0.4, -0.2) is 41.2 Å². The number of hydrogen-bond donors (Lipinski definition) is 0. The molecule has 4 aliphatic heterocycles. The number of carbonyl (C=O) groups excluding carboxylic acids is 1. The highest BCUT2D eigenvalue weighted by Crippen LogP contribution is 2.61. The average molecular weight is 467 g/mol. The molecule has 5 fully saturated rings. The first-order chi connectivity index (χ1) is 15.0. The molecule has 0 radical (unpaired) electrons. The van der Waals surface area contributed by atoms with E-state index in [0.29, 0.717) is 12.8 Å². The van der Waals surface area contributed by atoms with Crippen molar-refractivity contribution in [2.75, 3.05) is 0 Å². The van der Waals surface area contributed by atoms with Gasteiger partial charge in [0, 0.05) is 30.4 Å². The third kappa shape index (κ3) is 2.81. The zero-order valence-corrected chi connectivity index (χ0v) is 18.9. The number of benzene rings is 1. The van der Waals surface area contributed by atoms with Crippen LogP contribution in [0.4, 0.5) is 5.69 Å². The van der Waals surface area contributed by atoms with Gasteiger partial charge in [-0.05, 0) is 44.1 Å². The first-order valence-corrected chi connectivity index (χ1v) is 12.3. The lowest BCUT2D eigenvalue weighted by molar-refractivity contribution is -0.544. The van der Waals surface area contributed by atoms with Gasteiger partial charge in [0.2, 0.25) is 11.7 Å². The second-order valence-electron chi connectivity index (χ2n) is 9.61. The lowest BCUT2D eigenvalue weighted by atomic mass is 9.57. The van der Waals surface area contributed by atoms with Crippen LogP contribution in [0.2, 0.25) is 0 Å². The number of carbonyl (C=O) groups is 1. The molecule has 4 heterocycles. The molecule has 1 aromatic carbocycles. The Kier molecular flexibility index (Phi) is 4.73. The van der Waals surface area contributed by atoms with Crippen LogP contribution >= 0.6 is 0 Å². The van der Waals surface area contributed by atoms with Gasteiger partial charge >= 0.3 is 0 Å². The number of amides is 1. The molecule has 1 aromatic rings. The van der Waals surface area contributed by atoms with Gasteiger partial charge in [-0.3, -0.25) is 14.9 Å². The highest BCUT2D eigenvalue weighted by atomic mass is 32.2. The number of rotatable bonds is 3. The van der Waals surface area contributed by atoms with Crippen LogP contribution in [0.1, 0.15) is 46.5 Å². The van der Waals surface area contributed by atoms with Crippen LogP contribution in [0.3, 0.4) is 0 Å². The van der Waals surface area contributed by atoms with Crippen LogP contribution in [0, 0.1) is 33.8 Å². The Balaban J connectivity index is 1.69. The van der Waals surface area contributed by atoms with E-state index in [9.17, 15) is 23.3 Å². The molecule has 174 valence electrons. The van der Waals surface area contributed by atoms with Crippen molar-refractivity contribution in [1.29, 1.82) is 0 Å². The SMILES string of the molecule is C[C@@H]1CC[C@H]2[C@@H](C)C(=O)N(S(=O)(=O)c3cccc([N+](=O)[O-])c3)[C@@H]3O[C@]4(C)CC[C@@H]1[C@@]23OO4. The summed E-state index contributed by atoms with van der Waals surface area (Å²) in [6.45, 7) is 5.50. The Morgan fingerprint density at radius 3 is 2.62 bits per heavy atom. The third-order valence-electron chi connectivity index (χ3n) is 7.81. The van der Waals surface area contributed by atoms with Crippen molar-refractivity contribution < 1.29 is 32.6 Å². The summed E-state index contributed by atoms with van der Waals surface area (Å²) in [4.78, 5) is 35.5. The van der Waals surface area contributed by atoms with E-state index in [2.05, 4.69) is 6.92 Å². The second kappa shape index (κ2) is 6.96. The van der Waals surface area contributed by atoms with Crippen molar-refractivity contribution in [3.63, 3.8) is 0 Å². The first kappa shape index (κ1) is 21.7. The minimum Gasteiger partial charge on any atom is -0.320 e. The van der Waals surface area contributed by atoms with E-state index in [1.165, 1.54) is 18.2 Å². The summed E-state index contributed by atoms with van der Waals surface area (Å²) in [5.41, 5.74) is -1.51. The molecule has 32 heavy (non-hydrogen) atoms. The summed E-state index contributed by atoms with van der Waals surface area (Å²) < 4.78 is 34.5. The summed E-state index contributed by atoms with van der Waals surface area (Å²) in [6.07, 6.45) is 1.60. The van der Waals surface area contributed by atoms with E-state index in [4.69, 9.17) is 14.5 Å². The number of hydrogen-bond acceptors (Lipinski definition) is 8. The van der Waals surface area contributed by atoms with Crippen molar-refractivity contribution in [2.24, 2.45) is 23.7 Å². The Hall–Kier alpha value is -2.08. The molecule has 1 amide bonds. The number of non-ortho nitro benzene ring substituents is 1. The molecule has 0 N–H and O–H groups in total. The summed E-state index contributed by atoms with van der Waals surface area (Å²) in [5.74, 6) is -2.54. The Bertz CT molecular complexity index is 1090. The molecule has 5 aliphatic rings. The highest BCUT2D eigenvalue weighted by molar-refractivity contribution is 7.89. The zero-order valence-electron chi connectivity index (χ0n) is 18.1. The van der Waals surface area contributed by atoms with Crippen LogP contribution in [0.15, 0.2) is 29.2 Å². The number of ether oxygens (including phenoxy) is 1. The summed E-state index contributed by atoms with van der Waals surface area (Å²) in [7, 11) is -4.47. The van der Waals surface area contributed by atoms with E-state index in [-0.39, 0.29) is 28.3 Å². The predicted molar refractivity (Wildman–Crippen MR) is 109 cm³/mol. The topological polar surface area (TPSA) is 125 Å². The van der Waals surface area contributed by atoms with Crippen molar-refractivity contribution in [1.82, 2.24) is 4.31 Å². The third-order valence-corrected chi connectivity index (χ3v) is 9.55. The predicted octanol–water partition coefficient (Wildman–Crippen LogP) is 2.98. The van der Waals surface area contributed by atoms with Crippen LogP contribution in [0.25, 0.3) is 0 Å². The summed E-state index contributed by atoms with van der Waals surface area (Å²) >= 11 is 0. The lowest BCUT2D eigenvalue weighted by Crippen LogP contribution is -2.75. The Morgan fingerprint density at radius 2 is 1.91 bits per heavy atom. The molecule has 7 atom stereocenters. The lowest BCUT2D eigenvalue weighted by Gasteiger charge is -2.61. The molecule has 6 rings (SSSR count). The van der Waals surface area contributed by atoms with Crippen LogP contribution < -0.4 is 0 Å².